The van der Waals surface area contributed by atoms with Crippen molar-refractivity contribution in [1.82, 2.24) is 25.8 Å². The second-order valence-electron chi connectivity index (χ2n) is 13.6. The highest BCUT2D eigenvalue weighted by atomic mass is 16.4. The van der Waals surface area contributed by atoms with Crippen LogP contribution in [0, 0.1) is 5.92 Å². The molecule has 2 aromatic rings. The van der Waals surface area contributed by atoms with E-state index >= 15 is 0 Å². The molecule has 1 heterocycles. The summed E-state index contributed by atoms with van der Waals surface area (Å²) in [7, 11) is 1.53. The first-order valence-electron chi connectivity index (χ1n) is 17.3. The highest BCUT2D eigenvalue weighted by Gasteiger charge is 2.39. The highest BCUT2D eigenvalue weighted by molar-refractivity contribution is 5.92. The third-order valence-corrected chi connectivity index (χ3v) is 8.97. The van der Waals surface area contributed by atoms with Gasteiger partial charge in [0.15, 0.2) is 5.78 Å². The third-order valence-electron chi connectivity index (χ3n) is 8.97. The van der Waals surface area contributed by atoms with E-state index in [2.05, 4.69) is 16.0 Å². The van der Waals surface area contributed by atoms with Crippen LogP contribution < -0.4 is 21.7 Å². The fourth-order valence-corrected chi connectivity index (χ4v) is 6.35. The van der Waals surface area contributed by atoms with E-state index in [1.165, 1.54) is 18.9 Å². The number of carboxylic acids is 1. The summed E-state index contributed by atoms with van der Waals surface area (Å²) >= 11 is 0. The minimum atomic E-state index is -1.59. The van der Waals surface area contributed by atoms with Gasteiger partial charge in [-0.05, 0) is 49.3 Å². The predicted octanol–water partition coefficient (Wildman–Crippen LogP) is 0.605. The maximum absolute atomic E-state index is 14.2. The van der Waals surface area contributed by atoms with Crippen LogP contribution in [0.3, 0.4) is 0 Å². The molecule has 0 aromatic heterocycles. The number of likely N-dealkylation sites (tertiary alicyclic amines) is 1. The molecule has 0 radical (unpaired) electrons. The zero-order valence-corrected chi connectivity index (χ0v) is 29.8. The molecule has 4 amide bonds. The van der Waals surface area contributed by atoms with Crippen LogP contribution in [0.2, 0.25) is 0 Å². The maximum Gasteiger partial charge on any atom is 0.305 e. The van der Waals surface area contributed by atoms with Gasteiger partial charge in [-0.25, -0.2) is 0 Å². The van der Waals surface area contributed by atoms with Gasteiger partial charge in [0.25, 0.3) is 0 Å². The molecule has 3 rings (SSSR count). The number of benzene rings is 2. The molecule has 6 unspecified atom stereocenters. The first-order chi connectivity index (χ1) is 24.2. The van der Waals surface area contributed by atoms with Crippen molar-refractivity contribution in [3.05, 3.63) is 71.8 Å². The molecule has 0 aliphatic carbocycles. The zero-order valence-electron chi connectivity index (χ0n) is 29.8. The monoisotopic (exact) mass is 708 g/mol. The van der Waals surface area contributed by atoms with E-state index in [1.54, 1.807) is 29.2 Å². The average molecular weight is 709 g/mol. The topological polar surface area (TPSA) is 211 Å². The number of ketones is 1. The summed E-state index contributed by atoms with van der Waals surface area (Å²) in [5, 5.41) is 28.7. The number of likely N-dealkylation sites (N-methyl/N-ethyl adjacent to an activating group) is 1. The Morgan fingerprint density at radius 2 is 1.51 bits per heavy atom. The van der Waals surface area contributed by atoms with Crippen molar-refractivity contribution >= 4 is 35.4 Å². The molecule has 1 aliphatic heterocycles. The van der Waals surface area contributed by atoms with Crippen LogP contribution in [0.25, 0.3) is 0 Å². The number of carbonyl (C=O) groups is 6. The van der Waals surface area contributed by atoms with Crippen molar-refractivity contribution in [2.45, 2.75) is 95.7 Å². The standard InChI is InChI=1S/C37H52N6O8/c1-23(2)18-27(39-24(3)44)32(45)22-43-17-11-16-30(43)37(51)42(4)31(20-26-14-9-6-10-15-26)36(50)41-29(19-25-12-7-5-8-13-25)35(49)40-28(34(38)48)21-33(46)47/h5-10,12-15,23,27-31,35,40,49H,11,16-22H2,1-4H3,(H2,38,48)(H,39,44)(H,41,50)(H,46,47). The number of rotatable bonds is 20. The number of carboxylic acid groups (broad SMARTS) is 1. The molecule has 1 aliphatic rings. The van der Waals surface area contributed by atoms with Gasteiger partial charge in [0.2, 0.25) is 23.6 Å². The number of aliphatic hydroxyl groups excluding tert-OH is 1. The zero-order chi connectivity index (χ0) is 37.7. The van der Waals surface area contributed by atoms with Crippen molar-refractivity contribution in [1.29, 1.82) is 0 Å². The van der Waals surface area contributed by atoms with E-state index in [-0.39, 0.29) is 42.9 Å². The van der Waals surface area contributed by atoms with Gasteiger partial charge in [-0.15, -0.1) is 0 Å². The Morgan fingerprint density at radius 1 is 0.922 bits per heavy atom. The van der Waals surface area contributed by atoms with Gasteiger partial charge in [0, 0.05) is 20.4 Å². The molecule has 1 fully saturated rings. The average Bonchev–Trinajstić information content (AvgIpc) is 3.53. The lowest BCUT2D eigenvalue weighted by Gasteiger charge is -2.35. The number of aliphatic hydroxyl groups is 1. The lowest BCUT2D eigenvalue weighted by atomic mass is 9.99. The SMILES string of the molecule is CC(=O)NC(CC(C)C)C(=O)CN1CCCC1C(=O)N(C)C(Cc1ccccc1)C(=O)NC(Cc1ccccc1)C(O)NC(CC(=O)O)C(N)=O. The van der Waals surface area contributed by atoms with Crippen LogP contribution in [-0.4, -0.2) is 112 Å². The van der Waals surface area contributed by atoms with E-state index in [1.807, 2.05) is 50.2 Å². The Morgan fingerprint density at radius 3 is 2.04 bits per heavy atom. The Bertz CT molecular complexity index is 1490. The summed E-state index contributed by atoms with van der Waals surface area (Å²) in [6.07, 6.45) is -0.452. The number of Topliss-reactive ketones (excluding diaryl/α,β-unsaturated/α-hetero) is 1. The molecule has 1 saturated heterocycles. The second-order valence-corrected chi connectivity index (χ2v) is 13.6. The molecule has 2 aromatic carbocycles. The number of amides is 4. The number of nitrogens with zero attached hydrogens (tertiary/aromatic N) is 2. The van der Waals surface area contributed by atoms with Crippen molar-refractivity contribution in [2.75, 3.05) is 20.1 Å². The minimum Gasteiger partial charge on any atom is -0.481 e. The predicted molar refractivity (Wildman–Crippen MR) is 190 cm³/mol. The van der Waals surface area contributed by atoms with Crippen LogP contribution in [0.1, 0.15) is 57.6 Å². The van der Waals surface area contributed by atoms with E-state index in [9.17, 15) is 39.0 Å². The van der Waals surface area contributed by atoms with Crippen molar-refractivity contribution in [3.8, 4) is 0 Å². The van der Waals surface area contributed by atoms with E-state index in [0.29, 0.717) is 25.8 Å². The fourth-order valence-electron chi connectivity index (χ4n) is 6.35. The van der Waals surface area contributed by atoms with Crippen LogP contribution in [0.5, 0.6) is 0 Å². The molecule has 0 saturated carbocycles. The molecule has 51 heavy (non-hydrogen) atoms. The van der Waals surface area contributed by atoms with Gasteiger partial charge in [0.05, 0.1) is 37.1 Å². The first-order valence-corrected chi connectivity index (χ1v) is 17.3. The van der Waals surface area contributed by atoms with Gasteiger partial charge in [-0.2, -0.15) is 0 Å². The third kappa shape index (κ3) is 12.9. The van der Waals surface area contributed by atoms with Crippen molar-refractivity contribution in [2.24, 2.45) is 11.7 Å². The summed E-state index contributed by atoms with van der Waals surface area (Å²) in [5.41, 5.74) is 6.92. The number of nitrogens with two attached hydrogens (primary N) is 1. The summed E-state index contributed by atoms with van der Waals surface area (Å²) in [6.45, 7) is 5.74. The lowest BCUT2D eigenvalue weighted by Crippen LogP contribution is -2.60. The summed E-state index contributed by atoms with van der Waals surface area (Å²) < 4.78 is 0. The van der Waals surface area contributed by atoms with Gasteiger partial charge >= 0.3 is 5.97 Å². The largest absolute Gasteiger partial charge is 0.481 e. The normalized spacial score (nSPS) is 17.5. The number of aliphatic carboxylic acids is 1. The first kappa shape index (κ1) is 40.8. The number of primary amides is 1. The molecule has 7 N–H and O–H groups in total. The summed E-state index contributed by atoms with van der Waals surface area (Å²) in [6, 6.07) is 13.2. The van der Waals surface area contributed by atoms with E-state index in [0.717, 1.165) is 11.1 Å². The van der Waals surface area contributed by atoms with Crippen molar-refractivity contribution < 1.29 is 39.0 Å². The molecule has 6 atom stereocenters. The minimum absolute atomic E-state index is 0.0359. The number of carbonyl (C=O) groups excluding carboxylic acids is 5. The van der Waals surface area contributed by atoms with Crippen LogP contribution in [0.15, 0.2) is 60.7 Å². The lowest BCUT2D eigenvalue weighted by molar-refractivity contribution is -0.143. The molecular formula is C37H52N6O8. The van der Waals surface area contributed by atoms with Crippen LogP contribution in [-0.2, 0) is 41.6 Å². The van der Waals surface area contributed by atoms with Gasteiger partial charge < -0.3 is 31.5 Å². The highest BCUT2D eigenvalue weighted by Crippen LogP contribution is 2.22. The van der Waals surface area contributed by atoms with Gasteiger partial charge in [0.1, 0.15) is 12.3 Å². The Balaban J connectivity index is 1.88. The smallest absolute Gasteiger partial charge is 0.305 e. The second kappa shape index (κ2) is 19.7. The van der Waals surface area contributed by atoms with Crippen LogP contribution >= 0.6 is 0 Å². The number of hydrogen-bond acceptors (Lipinski definition) is 9. The molecule has 0 spiro atoms. The molecule has 14 nitrogen and oxygen atoms in total. The Hall–Kier alpha value is -4.66. The van der Waals surface area contributed by atoms with Gasteiger partial charge in [-0.1, -0.05) is 74.5 Å². The summed E-state index contributed by atoms with van der Waals surface area (Å²) in [5.74, 6) is -3.58. The van der Waals surface area contributed by atoms with E-state index < -0.39 is 60.6 Å². The maximum atomic E-state index is 14.2. The number of hydrogen-bond donors (Lipinski definition) is 6. The van der Waals surface area contributed by atoms with Gasteiger partial charge in [-0.3, -0.25) is 39.0 Å². The summed E-state index contributed by atoms with van der Waals surface area (Å²) in [4.78, 5) is 80.2. The molecular weight excluding hydrogens is 656 g/mol. The Labute approximate surface area is 299 Å². The fraction of sp³-hybridized carbons (Fsp3) is 0.514. The van der Waals surface area contributed by atoms with E-state index in [4.69, 9.17) is 5.73 Å². The number of nitrogens with one attached hydrogen (secondary N) is 3. The van der Waals surface area contributed by atoms with Crippen molar-refractivity contribution in [3.63, 3.8) is 0 Å². The molecule has 0 bridgehead atoms. The quantitative estimate of drug-likeness (QED) is 0.106. The molecule has 278 valence electrons. The Kier molecular flexibility index (Phi) is 15.7. The van der Waals surface area contributed by atoms with Crippen LogP contribution in [0.4, 0.5) is 0 Å². The molecule has 14 heteroatoms.